The molecule has 0 bridgehead atoms. The summed E-state index contributed by atoms with van der Waals surface area (Å²) in [5, 5.41) is 0. The monoisotopic (exact) mass is 539 g/mol. The van der Waals surface area contributed by atoms with Gasteiger partial charge in [-0.1, -0.05) is 142 Å². The van der Waals surface area contributed by atoms with Crippen molar-refractivity contribution in [1.29, 1.82) is 0 Å². The van der Waals surface area contributed by atoms with Crippen molar-refractivity contribution < 1.29 is 1.43 Å². The van der Waals surface area contributed by atoms with Gasteiger partial charge in [0.05, 0.1) is 0 Å². The van der Waals surface area contributed by atoms with Crippen molar-refractivity contribution >= 4 is 46.4 Å². The van der Waals surface area contributed by atoms with Crippen molar-refractivity contribution in [3.8, 4) is 0 Å². The molecule has 4 aliphatic rings. The SMILES string of the molecule is C.CC.CC.CC1CCC(C)C1.CC1CCC(C)C1.CC1CCC(C)C1.CC1CCC(C)C1.[3HH].[B].[B][B].[B][B][B]. The molecule has 4 rings (SSSR count). The Morgan fingerprint density at radius 2 is 0.487 bits per heavy atom. The van der Waals surface area contributed by atoms with Crippen LogP contribution >= 0.6 is 0 Å². The van der Waals surface area contributed by atoms with Crippen LogP contribution in [0.4, 0.5) is 0 Å². The molecule has 0 aliphatic heterocycles. The smallest absolute Gasteiger partial charge is 0 e. The Morgan fingerprint density at radius 1 is 0.410 bits per heavy atom. The maximum absolute atomic E-state index is 4.50. The van der Waals surface area contributed by atoms with Gasteiger partial charge in [-0.25, -0.2) is 0 Å². The summed E-state index contributed by atoms with van der Waals surface area (Å²) in [6.45, 7) is 26.8. The molecular weight excluding hydrogens is 461 g/mol. The lowest BCUT2D eigenvalue weighted by Gasteiger charge is -1.96. The molecule has 0 amide bonds. The highest BCUT2D eigenvalue weighted by atomic mass is 14.2. The number of hydrogen-bond acceptors (Lipinski definition) is 0. The van der Waals surface area contributed by atoms with Crippen molar-refractivity contribution in [2.75, 3.05) is 0 Å². The standard InChI is InChI=1S/4C7H14.2C2H6.CH4.B3.B2.B.H2/c4*1-6-3-4-7(2)5-6;2*1-2;;1-3-2;1-2;;/h4*6-7H,3-5H2,1-2H3;2*1-2H3;1H4;;;;1H/i;;;;;;;;;;1+2. The predicted molar refractivity (Wildman–Crippen MR) is 195 cm³/mol. The third-order valence-corrected chi connectivity index (χ3v) is 7.83. The Morgan fingerprint density at radius 3 is 0.513 bits per heavy atom. The molecule has 0 heterocycles. The molecule has 224 valence electrons. The van der Waals surface area contributed by atoms with E-state index in [4.69, 9.17) is 0 Å². The van der Waals surface area contributed by atoms with Crippen LogP contribution in [0, 0.1) is 47.3 Å². The summed E-state index contributed by atoms with van der Waals surface area (Å²) >= 11 is 0. The van der Waals surface area contributed by atoms with Crippen LogP contribution in [-0.4, -0.2) is 46.4 Å². The van der Waals surface area contributed by atoms with Gasteiger partial charge in [0, 0.05) is 47.8 Å². The average Bonchev–Trinajstić information content (AvgIpc) is 3.66. The third-order valence-electron chi connectivity index (χ3n) is 7.83. The van der Waals surface area contributed by atoms with Crippen LogP contribution in [0.15, 0.2) is 0 Å². The quantitative estimate of drug-likeness (QED) is 0.270. The summed E-state index contributed by atoms with van der Waals surface area (Å²) in [5.74, 6) is 8.19. The van der Waals surface area contributed by atoms with Crippen LogP contribution in [0.2, 0.25) is 0 Å². The minimum atomic E-state index is 0. The van der Waals surface area contributed by atoms with Gasteiger partial charge in [-0.2, -0.15) is 0 Å². The van der Waals surface area contributed by atoms with Crippen molar-refractivity contribution in [3.05, 3.63) is 0 Å². The molecule has 8 unspecified atom stereocenters. The lowest BCUT2D eigenvalue weighted by atomic mass is 9.40. The van der Waals surface area contributed by atoms with E-state index < -0.39 is 0 Å². The molecule has 0 nitrogen and oxygen atoms in total. The number of rotatable bonds is 0. The molecule has 0 N–H and O–H groups in total. The predicted octanol–water partition coefficient (Wildman–Crippen LogP) is 10.4. The minimum Gasteiger partial charge on any atom is -0.0776 e. The van der Waals surface area contributed by atoms with Crippen LogP contribution in [0.3, 0.4) is 0 Å². The van der Waals surface area contributed by atoms with Gasteiger partial charge in [0.1, 0.15) is 0 Å². The van der Waals surface area contributed by atoms with Crippen molar-refractivity contribution in [2.24, 2.45) is 47.3 Å². The van der Waals surface area contributed by atoms with Crippen molar-refractivity contribution in [2.45, 2.75) is 168 Å². The largest absolute Gasteiger partial charge is 0.0776 e. The second-order valence-electron chi connectivity index (χ2n) is 12.3. The first kappa shape index (κ1) is 52.1. The van der Waals surface area contributed by atoms with Crippen molar-refractivity contribution in [1.82, 2.24) is 0 Å². The summed E-state index contributed by atoms with van der Waals surface area (Å²) in [6.07, 6.45) is 17.7. The van der Waals surface area contributed by atoms with Crippen LogP contribution < -0.4 is 0 Å². The summed E-state index contributed by atoms with van der Waals surface area (Å²) in [6, 6.07) is 0. The summed E-state index contributed by atoms with van der Waals surface area (Å²) in [5.41, 5.74) is 0. The third kappa shape index (κ3) is 38.4. The average molecular weight is 538 g/mol. The van der Waals surface area contributed by atoms with Crippen molar-refractivity contribution in [3.63, 3.8) is 0 Å². The van der Waals surface area contributed by atoms with Crippen LogP contribution in [0.25, 0.3) is 0 Å². The maximum atomic E-state index is 4.50. The summed E-state index contributed by atoms with van der Waals surface area (Å²) in [7, 11) is 18.0. The summed E-state index contributed by atoms with van der Waals surface area (Å²) in [4.78, 5) is 0. The van der Waals surface area contributed by atoms with E-state index in [0.29, 0.717) is 0 Å². The second kappa shape index (κ2) is 38.4. The van der Waals surface area contributed by atoms with Gasteiger partial charge < -0.3 is 0 Å². The fourth-order valence-corrected chi connectivity index (χ4v) is 5.97. The molecule has 8 atom stereocenters. The zero-order valence-corrected chi connectivity index (χ0v) is 28.6. The van der Waals surface area contributed by atoms with Crippen LogP contribution in [0.5, 0.6) is 0 Å². The minimum absolute atomic E-state index is 0. The zero-order chi connectivity index (χ0) is 29.8. The Balaban J connectivity index is -0.0000000648. The first-order valence-electron chi connectivity index (χ1n) is 16.2. The van der Waals surface area contributed by atoms with E-state index in [2.05, 4.69) is 86.3 Å². The van der Waals surface area contributed by atoms with Gasteiger partial charge in [0.2, 0.25) is 0 Å². The molecule has 0 aromatic carbocycles. The topological polar surface area (TPSA) is 0 Å². The number of hydrogen-bond donors (Lipinski definition) is 0. The highest BCUT2D eigenvalue weighted by molar-refractivity contribution is 7.17. The molecule has 6 heteroatoms. The molecular formula is C33H74B6. The lowest BCUT2D eigenvalue weighted by Crippen LogP contribution is -1.84. The molecule has 12 radical (unpaired) electrons. The van der Waals surface area contributed by atoms with Crippen LogP contribution in [-0.2, 0) is 0 Å². The maximum Gasteiger partial charge on any atom is 0 e. The van der Waals surface area contributed by atoms with E-state index in [-0.39, 0.29) is 17.3 Å². The molecule has 0 spiro atoms. The molecule has 0 aromatic heterocycles. The fourth-order valence-electron chi connectivity index (χ4n) is 5.97. The Kier molecular flexibility index (Phi) is 51.3. The van der Waals surface area contributed by atoms with E-state index in [1.807, 2.05) is 27.7 Å². The van der Waals surface area contributed by atoms with Gasteiger partial charge in [0.25, 0.3) is 0 Å². The van der Waals surface area contributed by atoms with E-state index in [1.165, 1.54) is 77.0 Å². The Bertz CT molecular complexity index is 312. The van der Waals surface area contributed by atoms with E-state index in [0.717, 1.165) is 54.4 Å². The lowest BCUT2D eigenvalue weighted by molar-refractivity contribution is 0.555. The Labute approximate surface area is 262 Å². The fraction of sp³-hybridized carbons (Fsp3) is 1.00. The van der Waals surface area contributed by atoms with Gasteiger partial charge >= 0.3 is 0 Å². The van der Waals surface area contributed by atoms with Gasteiger partial charge in [-0.15, -0.1) is 0 Å². The molecule has 0 aromatic rings. The second-order valence-corrected chi connectivity index (χ2v) is 12.3. The van der Waals surface area contributed by atoms with Gasteiger partial charge in [-0.3, -0.25) is 0 Å². The molecule has 4 fully saturated rings. The van der Waals surface area contributed by atoms with Crippen LogP contribution in [0.1, 0.15) is 169 Å². The van der Waals surface area contributed by atoms with E-state index in [1.54, 1.807) is 0 Å². The first-order chi connectivity index (χ1) is 17.6. The molecule has 0 saturated heterocycles. The van der Waals surface area contributed by atoms with E-state index >= 15 is 0 Å². The highest BCUT2D eigenvalue weighted by Gasteiger charge is 2.17. The Hall–Kier alpha value is 0.390. The summed E-state index contributed by atoms with van der Waals surface area (Å²) < 4.78 is 0. The van der Waals surface area contributed by atoms with E-state index in [9.17, 15) is 0 Å². The normalized spacial score (nSPS) is 30.9. The molecule has 4 aliphatic carbocycles. The molecule has 39 heavy (non-hydrogen) atoms. The van der Waals surface area contributed by atoms with Gasteiger partial charge in [-0.05, 0) is 73.0 Å². The van der Waals surface area contributed by atoms with Gasteiger partial charge in [0.15, 0.2) is 0 Å². The first-order valence-corrected chi connectivity index (χ1v) is 16.2. The highest BCUT2D eigenvalue weighted by Crippen LogP contribution is 2.31. The molecule has 4 saturated carbocycles. The zero-order valence-electron chi connectivity index (χ0n) is 28.6.